The topological polar surface area (TPSA) is 20.3 Å². The predicted octanol–water partition coefficient (Wildman–Crippen LogP) is 5.00. The van der Waals surface area contributed by atoms with Crippen molar-refractivity contribution in [3.05, 3.63) is 62.6 Å². The molecule has 0 aromatic heterocycles. The van der Waals surface area contributed by atoms with Crippen LogP contribution in [0.15, 0.2) is 40.9 Å². The van der Waals surface area contributed by atoms with Crippen LogP contribution in [0.4, 0.5) is 5.69 Å². The molecule has 0 saturated carbocycles. The maximum absolute atomic E-state index is 12.9. The minimum atomic E-state index is 0.0220. The van der Waals surface area contributed by atoms with Crippen LogP contribution in [0.5, 0.6) is 0 Å². The SMILES string of the molecule is Cc1cccc2c1N(C(=O)c1ccc(Cl)cc1Br)CCC2. The average Bonchev–Trinajstić information content (AvgIpc) is 2.46. The fourth-order valence-corrected chi connectivity index (χ4v) is 3.71. The first-order valence-corrected chi connectivity index (χ1v) is 8.10. The monoisotopic (exact) mass is 363 g/mol. The number of carbonyl (C=O) groups excluding carboxylic acids is 1. The molecule has 3 rings (SSSR count). The molecular weight excluding hydrogens is 350 g/mol. The van der Waals surface area contributed by atoms with E-state index in [0.29, 0.717) is 10.6 Å². The second kappa shape index (κ2) is 5.82. The standard InChI is InChI=1S/C17H15BrClNO/c1-11-4-2-5-12-6-3-9-20(16(11)12)17(21)14-8-7-13(19)10-15(14)18/h2,4-5,7-8,10H,3,6,9H2,1H3. The van der Waals surface area contributed by atoms with Crippen LogP contribution in [0.2, 0.25) is 5.02 Å². The van der Waals surface area contributed by atoms with Crippen molar-refractivity contribution in [2.24, 2.45) is 0 Å². The molecular formula is C17H15BrClNO. The highest BCUT2D eigenvalue weighted by atomic mass is 79.9. The first-order valence-electron chi connectivity index (χ1n) is 6.93. The predicted molar refractivity (Wildman–Crippen MR) is 90.3 cm³/mol. The Morgan fingerprint density at radius 1 is 1.29 bits per heavy atom. The number of halogens is 2. The van der Waals surface area contributed by atoms with Gasteiger partial charge in [0, 0.05) is 16.0 Å². The number of anilines is 1. The summed E-state index contributed by atoms with van der Waals surface area (Å²) in [5.74, 6) is 0.0220. The zero-order valence-electron chi connectivity index (χ0n) is 11.7. The maximum atomic E-state index is 12.9. The van der Waals surface area contributed by atoms with Crippen LogP contribution in [-0.2, 0) is 6.42 Å². The van der Waals surface area contributed by atoms with Crippen molar-refractivity contribution in [1.29, 1.82) is 0 Å². The summed E-state index contributed by atoms with van der Waals surface area (Å²) in [7, 11) is 0. The molecule has 0 fully saturated rings. The Kier molecular flexibility index (Phi) is 4.05. The molecule has 21 heavy (non-hydrogen) atoms. The van der Waals surface area contributed by atoms with Gasteiger partial charge in [-0.3, -0.25) is 4.79 Å². The number of hydrogen-bond donors (Lipinski definition) is 0. The molecule has 2 nitrogen and oxygen atoms in total. The lowest BCUT2D eigenvalue weighted by Crippen LogP contribution is -2.36. The molecule has 0 bridgehead atoms. The van der Waals surface area contributed by atoms with E-state index in [1.807, 2.05) is 4.90 Å². The molecule has 0 atom stereocenters. The van der Waals surface area contributed by atoms with E-state index in [2.05, 4.69) is 41.1 Å². The van der Waals surface area contributed by atoms with Gasteiger partial charge in [-0.1, -0.05) is 29.8 Å². The summed E-state index contributed by atoms with van der Waals surface area (Å²) in [5.41, 5.74) is 4.11. The third kappa shape index (κ3) is 2.72. The first kappa shape index (κ1) is 14.6. The Balaban J connectivity index is 2.04. The second-order valence-corrected chi connectivity index (χ2v) is 6.56. The van der Waals surface area contributed by atoms with Crippen LogP contribution < -0.4 is 4.90 Å². The lowest BCUT2D eigenvalue weighted by Gasteiger charge is -2.31. The quantitative estimate of drug-likeness (QED) is 0.697. The molecule has 1 amide bonds. The molecule has 0 aliphatic carbocycles. The number of benzene rings is 2. The van der Waals surface area contributed by atoms with Gasteiger partial charge in [0.2, 0.25) is 0 Å². The Bertz CT molecular complexity index is 714. The fourth-order valence-electron chi connectivity index (χ4n) is 2.86. The Labute approximate surface area is 137 Å². The Morgan fingerprint density at radius 2 is 2.10 bits per heavy atom. The first-order chi connectivity index (χ1) is 10.1. The molecule has 1 aliphatic heterocycles. The summed E-state index contributed by atoms with van der Waals surface area (Å²) in [5, 5.41) is 0.619. The van der Waals surface area contributed by atoms with Gasteiger partial charge in [0.15, 0.2) is 0 Å². The molecule has 1 aliphatic rings. The van der Waals surface area contributed by atoms with Crippen molar-refractivity contribution >= 4 is 39.1 Å². The molecule has 4 heteroatoms. The van der Waals surface area contributed by atoms with Crippen molar-refractivity contribution in [3.8, 4) is 0 Å². The summed E-state index contributed by atoms with van der Waals surface area (Å²) < 4.78 is 0.737. The van der Waals surface area contributed by atoms with Gasteiger partial charge >= 0.3 is 0 Å². The van der Waals surface area contributed by atoms with E-state index in [1.165, 1.54) is 5.56 Å². The van der Waals surface area contributed by atoms with Crippen LogP contribution in [0.25, 0.3) is 0 Å². The van der Waals surface area contributed by atoms with E-state index >= 15 is 0 Å². The summed E-state index contributed by atoms with van der Waals surface area (Å²) in [6.45, 7) is 2.81. The van der Waals surface area contributed by atoms with E-state index in [-0.39, 0.29) is 5.91 Å². The van der Waals surface area contributed by atoms with Crippen LogP contribution >= 0.6 is 27.5 Å². The number of fused-ring (bicyclic) bond motifs is 1. The van der Waals surface area contributed by atoms with Crippen molar-refractivity contribution in [1.82, 2.24) is 0 Å². The third-order valence-corrected chi connectivity index (χ3v) is 4.72. The molecule has 1 heterocycles. The summed E-state index contributed by atoms with van der Waals surface area (Å²) in [6, 6.07) is 11.5. The Hall–Kier alpha value is -1.32. The van der Waals surface area contributed by atoms with Gasteiger partial charge in [-0.25, -0.2) is 0 Å². The van der Waals surface area contributed by atoms with Crippen molar-refractivity contribution in [2.45, 2.75) is 19.8 Å². The fraction of sp³-hybridized carbons (Fsp3) is 0.235. The average molecular weight is 365 g/mol. The third-order valence-electron chi connectivity index (χ3n) is 3.83. The lowest BCUT2D eigenvalue weighted by atomic mass is 9.97. The van der Waals surface area contributed by atoms with Gasteiger partial charge < -0.3 is 4.90 Å². The van der Waals surface area contributed by atoms with Crippen LogP contribution in [0.3, 0.4) is 0 Å². The number of amides is 1. The molecule has 0 spiro atoms. The highest BCUT2D eigenvalue weighted by Gasteiger charge is 2.26. The van der Waals surface area contributed by atoms with Crippen molar-refractivity contribution < 1.29 is 4.79 Å². The number of aryl methyl sites for hydroxylation is 2. The van der Waals surface area contributed by atoms with Gasteiger partial charge in [-0.05, 0) is 65.0 Å². The molecule has 2 aromatic rings. The minimum Gasteiger partial charge on any atom is -0.308 e. The van der Waals surface area contributed by atoms with E-state index in [4.69, 9.17) is 11.6 Å². The highest BCUT2D eigenvalue weighted by molar-refractivity contribution is 9.10. The molecule has 0 N–H and O–H groups in total. The zero-order valence-corrected chi connectivity index (χ0v) is 14.0. The summed E-state index contributed by atoms with van der Waals surface area (Å²) in [4.78, 5) is 14.8. The summed E-state index contributed by atoms with van der Waals surface area (Å²) >= 11 is 9.40. The normalized spacial score (nSPS) is 14.0. The number of para-hydroxylation sites is 1. The number of nitrogens with zero attached hydrogens (tertiary/aromatic N) is 1. The maximum Gasteiger partial charge on any atom is 0.259 e. The number of carbonyl (C=O) groups is 1. The van der Waals surface area contributed by atoms with Crippen molar-refractivity contribution in [2.75, 3.05) is 11.4 Å². The Morgan fingerprint density at radius 3 is 2.86 bits per heavy atom. The second-order valence-electron chi connectivity index (χ2n) is 5.27. The molecule has 0 unspecified atom stereocenters. The van der Waals surface area contributed by atoms with Crippen LogP contribution in [0.1, 0.15) is 27.9 Å². The molecule has 0 saturated heterocycles. The summed E-state index contributed by atoms with van der Waals surface area (Å²) in [6.07, 6.45) is 2.02. The van der Waals surface area contributed by atoms with Gasteiger partial charge in [0.25, 0.3) is 5.91 Å². The molecule has 2 aromatic carbocycles. The smallest absolute Gasteiger partial charge is 0.259 e. The van der Waals surface area contributed by atoms with E-state index in [1.54, 1.807) is 18.2 Å². The largest absolute Gasteiger partial charge is 0.308 e. The van der Waals surface area contributed by atoms with Gasteiger partial charge in [-0.15, -0.1) is 0 Å². The van der Waals surface area contributed by atoms with E-state index in [9.17, 15) is 4.79 Å². The van der Waals surface area contributed by atoms with Crippen LogP contribution in [0, 0.1) is 6.92 Å². The minimum absolute atomic E-state index is 0.0220. The van der Waals surface area contributed by atoms with Crippen molar-refractivity contribution in [3.63, 3.8) is 0 Å². The number of rotatable bonds is 1. The lowest BCUT2D eigenvalue weighted by molar-refractivity contribution is 0.0984. The zero-order chi connectivity index (χ0) is 15.0. The highest BCUT2D eigenvalue weighted by Crippen LogP contribution is 2.33. The van der Waals surface area contributed by atoms with E-state index < -0.39 is 0 Å². The van der Waals surface area contributed by atoms with Gasteiger partial charge in [0.1, 0.15) is 0 Å². The number of hydrogen-bond acceptors (Lipinski definition) is 1. The molecule has 108 valence electrons. The van der Waals surface area contributed by atoms with E-state index in [0.717, 1.165) is 35.1 Å². The van der Waals surface area contributed by atoms with Gasteiger partial charge in [0.05, 0.1) is 11.3 Å². The van der Waals surface area contributed by atoms with Gasteiger partial charge in [-0.2, -0.15) is 0 Å². The molecule has 0 radical (unpaired) electrons. The van der Waals surface area contributed by atoms with Crippen LogP contribution in [-0.4, -0.2) is 12.5 Å².